The molecule has 4 unspecified atom stereocenters. The van der Waals surface area contributed by atoms with Gasteiger partial charge in [0.1, 0.15) is 0 Å². The highest BCUT2D eigenvalue weighted by Crippen LogP contribution is 2.50. The molecule has 0 amide bonds. The molecule has 3 nitrogen and oxygen atoms in total. The van der Waals surface area contributed by atoms with Crippen molar-refractivity contribution in [3.05, 3.63) is 0 Å². The number of carbonyl (C=O) groups is 2. The van der Waals surface area contributed by atoms with Gasteiger partial charge in [-0.2, -0.15) is 0 Å². The van der Waals surface area contributed by atoms with Crippen LogP contribution in [0.4, 0.5) is 0 Å². The highest BCUT2D eigenvalue weighted by atomic mass is 16.6. The maximum atomic E-state index is 11.0. The predicted octanol–water partition coefficient (Wildman–Crippen LogP) is 0.588. The van der Waals surface area contributed by atoms with Crippen LogP contribution >= 0.6 is 0 Å². The Balaban J connectivity index is 2.26. The molecule has 2 aliphatic rings. The summed E-state index contributed by atoms with van der Waals surface area (Å²) in [6, 6.07) is 0. The number of hydrogen-bond acceptors (Lipinski definition) is 3. The van der Waals surface area contributed by atoms with Crippen molar-refractivity contribution in [3.8, 4) is 0 Å². The van der Waals surface area contributed by atoms with E-state index in [0.717, 1.165) is 0 Å². The molecule has 0 spiro atoms. The molecular formula is C8H10O3. The third-order valence-electron chi connectivity index (χ3n) is 3.09. The molecule has 1 saturated carbocycles. The van der Waals surface area contributed by atoms with Gasteiger partial charge < -0.3 is 4.74 Å². The van der Waals surface area contributed by atoms with Gasteiger partial charge in [-0.05, 0) is 11.8 Å². The molecule has 2 rings (SSSR count). The Labute approximate surface area is 64.7 Å². The topological polar surface area (TPSA) is 43.4 Å². The quantitative estimate of drug-likeness (QED) is 0.379. The fraction of sp³-hybridized carbons (Fsp3) is 0.750. The summed E-state index contributed by atoms with van der Waals surface area (Å²) in [7, 11) is 0. The van der Waals surface area contributed by atoms with Crippen LogP contribution in [0.3, 0.4) is 0 Å². The molecule has 1 aliphatic carbocycles. The molecule has 1 heterocycles. The van der Waals surface area contributed by atoms with Crippen molar-refractivity contribution < 1.29 is 14.3 Å². The average Bonchev–Trinajstić information content (AvgIpc) is 2.21. The Morgan fingerprint density at radius 2 is 1.36 bits per heavy atom. The molecular weight excluding hydrogens is 144 g/mol. The van der Waals surface area contributed by atoms with Crippen LogP contribution < -0.4 is 0 Å². The fourth-order valence-corrected chi connectivity index (χ4v) is 2.12. The van der Waals surface area contributed by atoms with Crippen molar-refractivity contribution in [1.29, 1.82) is 0 Å². The van der Waals surface area contributed by atoms with Gasteiger partial charge in [0.2, 0.25) is 0 Å². The SMILES string of the molecule is CC1C(C)C2C(=O)OC(=O)C12. The first kappa shape index (κ1) is 6.83. The first-order chi connectivity index (χ1) is 5.13. The zero-order chi connectivity index (χ0) is 8.17. The van der Waals surface area contributed by atoms with Crippen LogP contribution in [0.25, 0.3) is 0 Å². The van der Waals surface area contributed by atoms with Gasteiger partial charge in [0.15, 0.2) is 0 Å². The minimum atomic E-state index is -0.314. The molecule has 0 radical (unpaired) electrons. The first-order valence-corrected chi connectivity index (χ1v) is 3.88. The van der Waals surface area contributed by atoms with E-state index < -0.39 is 0 Å². The third kappa shape index (κ3) is 0.633. The summed E-state index contributed by atoms with van der Waals surface area (Å²) >= 11 is 0. The van der Waals surface area contributed by atoms with E-state index in [1.54, 1.807) is 0 Å². The Morgan fingerprint density at radius 1 is 1.00 bits per heavy atom. The van der Waals surface area contributed by atoms with Gasteiger partial charge in [-0.15, -0.1) is 0 Å². The normalized spacial score (nSPS) is 48.2. The monoisotopic (exact) mass is 154 g/mol. The van der Waals surface area contributed by atoms with E-state index >= 15 is 0 Å². The van der Waals surface area contributed by atoms with Crippen LogP contribution in [0.15, 0.2) is 0 Å². The molecule has 4 atom stereocenters. The molecule has 60 valence electrons. The minimum Gasteiger partial charge on any atom is -0.393 e. The molecule has 1 saturated heterocycles. The van der Waals surface area contributed by atoms with Crippen molar-refractivity contribution in [2.24, 2.45) is 23.7 Å². The van der Waals surface area contributed by atoms with E-state index in [-0.39, 0.29) is 23.8 Å². The van der Waals surface area contributed by atoms with Crippen molar-refractivity contribution in [1.82, 2.24) is 0 Å². The Hall–Kier alpha value is -0.860. The van der Waals surface area contributed by atoms with Gasteiger partial charge in [0.25, 0.3) is 0 Å². The lowest BCUT2D eigenvalue weighted by Crippen LogP contribution is -2.45. The summed E-state index contributed by atoms with van der Waals surface area (Å²) in [6.45, 7) is 3.98. The van der Waals surface area contributed by atoms with Gasteiger partial charge in [0, 0.05) is 0 Å². The van der Waals surface area contributed by atoms with Crippen molar-refractivity contribution in [2.45, 2.75) is 13.8 Å². The molecule has 1 aliphatic heterocycles. The van der Waals surface area contributed by atoms with E-state index in [0.29, 0.717) is 11.8 Å². The zero-order valence-electron chi connectivity index (χ0n) is 6.53. The standard InChI is InChI=1S/C8H10O3/c1-3-4(2)6-5(3)7(9)11-8(6)10/h3-6H,1-2H3. The van der Waals surface area contributed by atoms with E-state index in [1.807, 2.05) is 13.8 Å². The smallest absolute Gasteiger partial charge is 0.317 e. The number of hydrogen-bond donors (Lipinski definition) is 0. The number of cyclic esters (lactones) is 2. The highest BCUT2D eigenvalue weighted by molar-refractivity contribution is 5.98. The molecule has 0 aromatic heterocycles. The number of fused-ring (bicyclic) bond motifs is 1. The average molecular weight is 154 g/mol. The fourth-order valence-electron chi connectivity index (χ4n) is 2.12. The zero-order valence-corrected chi connectivity index (χ0v) is 6.53. The van der Waals surface area contributed by atoms with E-state index in [9.17, 15) is 9.59 Å². The highest BCUT2D eigenvalue weighted by Gasteiger charge is 2.59. The molecule has 0 bridgehead atoms. The van der Waals surface area contributed by atoms with E-state index in [4.69, 9.17) is 0 Å². The summed E-state index contributed by atoms with van der Waals surface area (Å²) in [6.07, 6.45) is 0. The van der Waals surface area contributed by atoms with Gasteiger partial charge >= 0.3 is 11.9 Å². The molecule has 3 heteroatoms. The van der Waals surface area contributed by atoms with Crippen LogP contribution in [0.2, 0.25) is 0 Å². The van der Waals surface area contributed by atoms with Gasteiger partial charge in [-0.3, -0.25) is 9.59 Å². The summed E-state index contributed by atoms with van der Waals surface area (Å²) < 4.78 is 4.51. The first-order valence-electron chi connectivity index (χ1n) is 3.88. The number of rotatable bonds is 0. The molecule has 0 N–H and O–H groups in total. The maximum Gasteiger partial charge on any atom is 0.317 e. The summed E-state index contributed by atoms with van der Waals surface area (Å²) in [5.74, 6) is -0.246. The molecule has 0 aromatic carbocycles. The Bertz CT molecular complexity index is 209. The predicted molar refractivity (Wildman–Crippen MR) is 36.4 cm³/mol. The molecule has 0 aromatic rings. The lowest BCUT2D eigenvalue weighted by molar-refractivity contribution is -0.153. The number of ether oxygens (including phenoxy) is 1. The summed E-state index contributed by atoms with van der Waals surface area (Å²) in [5.41, 5.74) is 0. The lowest BCUT2D eigenvalue weighted by atomic mass is 9.59. The maximum absolute atomic E-state index is 11.0. The van der Waals surface area contributed by atoms with Crippen molar-refractivity contribution in [2.75, 3.05) is 0 Å². The van der Waals surface area contributed by atoms with Crippen molar-refractivity contribution >= 4 is 11.9 Å². The third-order valence-corrected chi connectivity index (χ3v) is 3.09. The number of esters is 2. The number of carbonyl (C=O) groups excluding carboxylic acids is 2. The van der Waals surface area contributed by atoms with Crippen LogP contribution in [0.5, 0.6) is 0 Å². The minimum absolute atomic E-state index is 0.127. The van der Waals surface area contributed by atoms with Gasteiger partial charge in [-0.1, -0.05) is 13.8 Å². The second-order valence-electron chi connectivity index (χ2n) is 3.51. The molecule has 2 fully saturated rings. The van der Waals surface area contributed by atoms with Crippen LogP contribution in [-0.2, 0) is 14.3 Å². The van der Waals surface area contributed by atoms with Crippen LogP contribution in [0.1, 0.15) is 13.8 Å². The van der Waals surface area contributed by atoms with Gasteiger partial charge in [-0.25, -0.2) is 0 Å². The van der Waals surface area contributed by atoms with Crippen molar-refractivity contribution in [3.63, 3.8) is 0 Å². The second kappa shape index (κ2) is 1.84. The van der Waals surface area contributed by atoms with Crippen LogP contribution in [0, 0.1) is 23.7 Å². The van der Waals surface area contributed by atoms with E-state index in [2.05, 4.69) is 4.74 Å². The largest absolute Gasteiger partial charge is 0.393 e. The summed E-state index contributed by atoms with van der Waals surface area (Å²) in [4.78, 5) is 21.9. The summed E-state index contributed by atoms with van der Waals surface area (Å²) in [5, 5.41) is 0. The second-order valence-corrected chi connectivity index (χ2v) is 3.51. The van der Waals surface area contributed by atoms with E-state index in [1.165, 1.54) is 0 Å². The Kier molecular flexibility index (Phi) is 1.14. The Morgan fingerprint density at radius 3 is 1.73 bits per heavy atom. The van der Waals surface area contributed by atoms with Crippen LogP contribution in [-0.4, -0.2) is 11.9 Å². The van der Waals surface area contributed by atoms with Gasteiger partial charge in [0.05, 0.1) is 11.8 Å². The molecule has 11 heavy (non-hydrogen) atoms. The lowest BCUT2D eigenvalue weighted by Gasteiger charge is -2.39.